The molecule has 0 saturated carbocycles. The van der Waals surface area contributed by atoms with Crippen LogP contribution in [0.2, 0.25) is 10.0 Å². The summed E-state index contributed by atoms with van der Waals surface area (Å²) in [6, 6.07) is 4.20. The van der Waals surface area contributed by atoms with E-state index in [2.05, 4.69) is 0 Å². The number of carbonyl (C=O) groups is 8. The summed E-state index contributed by atoms with van der Waals surface area (Å²) in [6.45, 7) is 5.02. The molecule has 56 heavy (non-hydrogen) atoms. The van der Waals surface area contributed by atoms with Crippen LogP contribution in [-0.2, 0) is 90.5 Å². The highest BCUT2D eigenvalue weighted by molar-refractivity contribution is 6.35. The fourth-order valence-electron chi connectivity index (χ4n) is 5.46. The Morgan fingerprint density at radius 1 is 0.536 bits per heavy atom. The van der Waals surface area contributed by atoms with E-state index < -0.39 is 129 Å². The van der Waals surface area contributed by atoms with E-state index in [4.69, 9.17) is 80.0 Å². The summed E-state index contributed by atoms with van der Waals surface area (Å²) >= 11 is 12.0. The normalized spacial score (nSPS) is 27.0. The van der Waals surface area contributed by atoms with Crippen molar-refractivity contribution in [1.29, 1.82) is 0 Å². The standard InChI is InChI=1S/C34H40Cl2O20/c1-14(37)45-11-24-27(48-16(3)39)29(49-17(4)40)32(52-20(7)43)34(54-24)56-28-25(12-46-15(2)38)53-33(31(51-19(6)42)30(28)50-18(5)41)55-26(44)13-47-23-9-8-21(35)10-22(23)36/h8-10,24-25,27-34H,11-13H2,1-7H3/t24-,25-,27-,28-,29+,30+,31-,32-,33+,34-/m1/s1. The lowest BCUT2D eigenvalue weighted by atomic mass is 9.96. The molecule has 2 aliphatic rings. The van der Waals surface area contributed by atoms with Gasteiger partial charge < -0.3 is 56.8 Å². The minimum absolute atomic E-state index is 0.0536. The van der Waals surface area contributed by atoms with E-state index in [0.29, 0.717) is 5.02 Å². The Kier molecular flexibility index (Phi) is 17.1. The SMILES string of the molecule is CC(=O)OC[C@H]1O[C@H](O[C@H]2[C@H](OC(C)=O)[C@@H](OC(C)=O)[C@H](OC(=O)COc3ccc(Cl)cc3Cl)O[C@@H]2COC(C)=O)[C@H](OC(C)=O)[C@@H](OC(C)=O)[C@@H]1OC(C)=O. The van der Waals surface area contributed by atoms with E-state index in [1.54, 1.807) is 0 Å². The zero-order chi connectivity index (χ0) is 41.9. The highest BCUT2D eigenvalue weighted by atomic mass is 35.5. The van der Waals surface area contributed by atoms with Crippen LogP contribution in [0.5, 0.6) is 5.75 Å². The fourth-order valence-corrected chi connectivity index (χ4v) is 5.92. The summed E-state index contributed by atoms with van der Waals surface area (Å²) in [4.78, 5) is 98.8. The third-order valence-electron chi connectivity index (χ3n) is 7.37. The molecular weight excluding hydrogens is 799 g/mol. The molecule has 2 heterocycles. The van der Waals surface area contributed by atoms with Gasteiger partial charge in [0.2, 0.25) is 12.4 Å². The van der Waals surface area contributed by atoms with Crippen LogP contribution < -0.4 is 4.74 Å². The van der Waals surface area contributed by atoms with Crippen molar-refractivity contribution in [3.05, 3.63) is 28.2 Å². The van der Waals surface area contributed by atoms with Crippen molar-refractivity contribution in [2.24, 2.45) is 0 Å². The number of carbonyl (C=O) groups excluding carboxylic acids is 8. The molecule has 3 rings (SSSR count). The van der Waals surface area contributed by atoms with Gasteiger partial charge in [-0.3, -0.25) is 33.6 Å². The summed E-state index contributed by atoms with van der Waals surface area (Å²) < 4.78 is 66.6. The van der Waals surface area contributed by atoms with Gasteiger partial charge in [0.1, 0.15) is 37.3 Å². The molecule has 0 aliphatic carbocycles. The zero-order valence-electron chi connectivity index (χ0n) is 31.0. The van der Waals surface area contributed by atoms with Crippen molar-refractivity contribution in [2.45, 2.75) is 110 Å². The first-order valence-electron chi connectivity index (χ1n) is 16.6. The molecule has 0 unspecified atom stereocenters. The predicted molar refractivity (Wildman–Crippen MR) is 181 cm³/mol. The highest BCUT2D eigenvalue weighted by Crippen LogP contribution is 2.36. The first-order chi connectivity index (χ1) is 26.2. The molecule has 2 fully saturated rings. The van der Waals surface area contributed by atoms with E-state index in [-0.39, 0.29) is 10.8 Å². The number of benzene rings is 1. The molecule has 1 aromatic carbocycles. The second-order valence-electron chi connectivity index (χ2n) is 12.0. The number of rotatable bonds is 15. The van der Waals surface area contributed by atoms with Crippen molar-refractivity contribution >= 4 is 71.0 Å². The molecular formula is C34H40Cl2O20. The molecule has 0 bridgehead atoms. The van der Waals surface area contributed by atoms with Crippen LogP contribution in [0.15, 0.2) is 18.2 Å². The van der Waals surface area contributed by atoms with Crippen LogP contribution in [0.1, 0.15) is 48.5 Å². The summed E-state index contributed by atoms with van der Waals surface area (Å²) in [5.74, 6) is -7.44. The van der Waals surface area contributed by atoms with Crippen LogP contribution in [0.25, 0.3) is 0 Å². The van der Waals surface area contributed by atoms with Gasteiger partial charge in [0.15, 0.2) is 37.3 Å². The Balaban J connectivity index is 2.10. The average molecular weight is 840 g/mol. The summed E-state index contributed by atoms with van der Waals surface area (Å²) in [6.07, 6.45) is -17.2. The van der Waals surface area contributed by atoms with E-state index >= 15 is 0 Å². The van der Waals surface area contributed by atoms with Crippen LogP contribution >= 0.6 is 23.2 Å². The van der Waals surface area contributed by atoms with Gasteiger partial charge in [-0.05, 0) is 18.2 Å². The predicted octanol–water partition coefficient (Wildman–Crippen LogP) is 1.54. The van der Waals surface area contributed by atoms with Crippen LogP contribution in [0.4, 0.5) is 0 Å². The Morgan fingerprint density at radius 3 is 1.45 bits per heavy atom. The largest absolute Gasteiger partial charge is 0.480 e. The number of hydrogen-bond donors (Lipinski definition) is 0. The van der Waals surface area contributed by atoms with Crippen molar-refractivity contribution in [3.63, 3.8) is 0 Å². The number of hydrogen-bond acceptors (Lipinski definition) is 20. The molecule has 2 aliphatic heterocycles. The molecule has 20 nitrogen and oxygen atoms in total. The first kappa shape index (κ1) is 45.6. The zero-order valence-corrected chi connectivity index (χ0v) is 32.6. The van der Waals surface area contributed by atoms with Gasteiger partial charge in [-0.2, -0.15) is 0 Å². The molecule has 0 spiro atoms. The molecule has 0 N–H and O–H groups in total. The van der Waals surface area contributed by atoms with Crippen molar-refractivity contribution in [1.82, 2.24) is 0 Å². The maximum Gasteiger partial charge on any atom is 0.346 e. The molecule has 0 radical (unpaired) electrons. The third kappa shape index (κ3) is 13.8. The number of halogens is 2. The van der Waals surface area contributed by atoms with Gasteiger partial charge in [0.05, 0.1) is 5.02 Å². The van der Waals surface area contributed by atoms with Gasteiger partial charge in [-0.25, -0.2) is 4.79 Å². The maximum absolute atomic E-state index is 13.1. The quantitative estimate of drug-likeness (QED) is 0.179. The molecule has 10 atom stereocenters. The van der Waals surface area contributed by atoms with Crippen LogP contribution in [0.3, 0.4) is 0 Å². The van der Waals surface area contributed by atoms with Crippen molar-refractivity contribution < 1.29 is 95.2 Å². The van der Waals surface area contributed by atoms with Gasteiger partial charge in [-0.1, -0.05) is 23.2 Å². The minimum Gasteiger partial charge on any atom is -0.480 e. The second-order valence-corrected chi connectivity index (χ2v) is 12.9. The number of ether oxygens (including phenoxy) is 12. The van der Waals surface area contributed by atoms with E-state index in [9.17, 15) is 38.4 Å². The Bertz CT molecular complexity index is 1630. The van der Waals surface area contributed by atoms with E-state index in [0.717, 1.165) is 48.5 Å². The molecule has 2 saturated heterocycles. The maximum atomic E-state index is 13.1. The molecule has 0 aromatic heterocycles. The Morgan fingerprint density at radius 2 is 0.964 bits per heavy atom. The van der Waals surface area contributed by atoms with Gasteiger partial charge >= 0.3 is 47.8 Å². The van der Waals surface area contributed by atoms with Gasteiger partial charge in [-0.15, -0.1) is 0 Å². The molecule has 22 heteroatoms. The summed E-state index contributed by atoms with van der Waals surface area (Å²) in [5.41, 5.74) is 0. The lowest BCUT2D eigenvalue weighted by Crippen LogP contribution is -2.67. The molecule has 310 valence electrons. The smallest absolute Gasteiger partial charge is 0.346 e. The first-order valence-corrected chi connectivity index (χ1v) is 17.4. The van der Waals surface area contributed by atoms with Crippen molar-refractivity contribution in [2.75, 3.05) is 19.8 Å². The van der Waals surface area contributed by atoms with Crippen molar-refractivity contribution in [3.8, 4) is 5.75 Å². The lowest BCUT2D eigenvalue weighted by molar-refractivity contribution is -0.357. The van der Waals surface area contributed by atoms with Gasteiger partial charge in [0.25, 0.3) is 0 Å². The summed E-state index contributed by atoms with van der Waals surface area (Å²) in [7, 11) is 0. The molecule has 0 amide bonds. The number of esters is 8. The summed E-state index contributed by atoms with van der Waals surface area (Å²) in [5, 5.41) is 0.358. The Hall–Kier alpha value is -4.76. The topological polar surface area (TPSA) is 247 Å². The average Bonchev–Trinajstić information content (AvgIpc) is 3.06. The second kappa shape index (κ2) is 21.0. The van der Waals surface area contributed by atoms with Crippen LogP contribution in [0, 0.1) is 0 Å². The fraction of sp³-hybridized carbons (Fsp3) is 0.588. The minimum atomic E-state index is -1.89. The molecule has 1 aromatic rings. The van der Waals surface area contributed by atoms with E-state index in [1.807, 2.05) is 0 Å². The van der Waals surface area contributed by atoms with E-state index in [1.165, 1.54) is 18.2 Å². The third-order valence-corrected chi connectivity index (χ3v) is 7.90. The van der Waals surface area contributed by atoms with Gasteiger partial charge in [0, 0.05) is 53.5 Å². The Labute approximate surface area is 329 Å². The monoisotopic (exact) mass is 838 g/mol. The lowest BCUT2D eigenvalue weighted by Gasteiger charge is -2.48. The highest BCUT2D eigenvalue weighted by Gasteiger charge is 2.58. The van der Waals surface area contributed by atoms with Crippen LogP contribution in [-0.4, -0.2) is 129 Å².